The molecule has 3 aromatic heterocycles. The predicted octanol–water partition coefficient (Wildman–Crippen LogP) is 15.1. The Balaban J connectivity index is 1.04. The Bertz CT molecular complexity index is 3290. The van der Waals surface area contributed by atoms with E-state index < -0.39 is 0 Å². The van der Waals surface area contributed by atoms with Gasteiger partial charge in [0.25, 0.3) is 0 Å². The van der Waals surface area contributed by atoms with E-state index in [1.54, 1.807) is 0 Å². The van der Waals surface area contributed by atoms with Gasteiger partial charge in [0.2, 0.25) is 0 Å². The van der Waals surface area contributed by atoms with E-state index in [9.17, 15) is 0 Å². The van der Waals surface area contributed by atoms with Gasteiger partial charge in [-0.25, -0.2) is 9.97 Å². The zero-order valence-corrected chi connectivity index (χ0v) is 31.9. The zero-order valence-electron chi connectivity index (χ0n) is 31.1. The SMILES string of the molecule is Cc1c(-c2ccc(-c3ccccc3)cc2)nc(-c2cccc(-c3ccc4c(c3)oc3cccc(-c5ccccc5)c34)c2)nc1-c1ccc2c(c1)sc1ccccc12. The van der Waals surface area contributed by atoms with Crippen LogP contribution in [0.4, 0.5) is 0 Å². The number of aromatic nitrogens is 2. The number of hydrogen-bond donors (Lipinski definition) is 0. The van der Waals surface area contributed by atoms with Gasteiger partial charge in [0.05, 0.1) is 11.4 Å². The van der Waals surface area contributed by atoms with Crippen LogP contribution in [0.25, 0.3) is 109 Å². The van der Waals surface area contributed by atoms with Gasteiger partial charge in [-0.1, -0.05) is 152 Å². The lowest BCUT2D eigenvalue weighted by Crippen LogP contribution is -2.00. The van der Waals surface area contributed by atoms with Crippen LogP contribution in [0.15, 0.2) is 192 Å². The molecule has 0 spiro atoms. The standard InChI is InChI=1S/C53H34N2OS/c1-33-51(37-24-22-35(23-25-37)34-12-4-2-5-13-34)54-53(55-52(33)40-27-28-44-43-18-8-9-21-48(43)57-49(44)32-40)41-17-10-16-38(30-41)39-26-29-45-47(31-39)56-46-20-11-19-42(50(45)46)36-14-6-3-7-15-36/h2-32H,1H3. The van der Waals surface area contributed by atoms with Crippen molar-refractivity contribution >= 4 is 53.4 Å². The lowest BCUT2D eigenvalue weighted by molar-refractivity contribution is 0.669. The Kier molecular flexibility index (Phi) is 7.90. The molecule has 3 nitrogen and oxygen atoms in total. The fourth-order valence-electron chi connectivity index (χ4n) is 8.23. The Hall–Kier alpha value is -7.14. The lowest BCUT2D eigenvalue weighted by atomic mass is 9.97. The smallest absolute Gasteiger partial charge is 0.160 e. The number of rotatable bonds is 6. The number of fused-ring (bicyclic) bond motifs is 6. The van der Waals surface area contributed by atoms with E-state index in [0.29, 0.717) is 5.82 Å². The van der Waals surface area contributed by atoms with Crippen LogP contribution in [0.1, 0.15) is 5.56 Å². The second-order valence-corrected chi connectivity index (χ2v) is 15.6. The summed E-state index contributed by atoms with van der Waals surface area (Å²) in [6, 6.07) is 66.5. The summed E-state index contributed by atoms with van der Waals surface area (Å²) in [6.07, 6.45) is 0. The van der Waals surface area contributed by atoms with Crippen molar-refractivity contribution < 1.29 is 4.42 Å². The fraction of sp³-hybridized carbons (Fsp3) is 0.0189. The predicted molar refractivity (Wildman–Crippen MR) is 240 cm³/mol. The lowest BCUT2D eigenvalue weighted by Gasteiger charge is -2.15. The summed E-state index contributed by atoms with van der Waals surface area (Å²) < 4.78 is 9.04. The van der Waals surface area contributed by atoms with Gasteiger partial charge >= 0.3 is 0 Å². The first-order chi connectivity index (χ1) is 28.1. The molecule has 4 heteroatoms. The van der Waals surface area contributed by atoms with E-state index in [2.05, 4.69) is 195 Å². The summed E-state index contributed by atoms with van der Waals surface area (Å²) in [5, 5.41) is 4.80. The Labute approximate surface area is 334 Å². The fourth-order valence-corrected chi connectivity index (χ4v) is 9.38. The Morgan fingerprint density at radius 2 is 0.965 bits per heavy atom. The van der Waals surface area contributed by atoms with E-state index in [1.807, 2.05) is 11.3 Å². The highest BCUT2D eigenvalue weighted by molar-refractivity contribution is 7.25. The van der Waals surface area contributed by atoms with E-state index in [0.717, 1.165) is 66.7 Å². The third kappa shape index (κ3) is 5.81. The molecule has 0 fully saturated rings. The minimum atomic E-state index is 0.688. The van der Waals surface area contributed by atoms with Gasteiger partial charge in [-0.05, 0) is 76.7 Å². The van der Waals surface area contributed by atoms with Gasteiger partial charge in [-0.2, -0.15) is 0 Å². The third-order valence-corrected chi connectivity index (χ3v) is 12.2. The first-order valence-electron chi connectivity index (χ1n) is 19.2. The first kappa shape index (κ1) is 33.2. The second-order valence-electron chi connectivity index (χ2n) is 14.6. The molecule has 0 unspecified atom stereocenters. The Morgan fingerprint density at radius 1 is 0.386 bits per heavy atom. The molecule has 0 bridgehead atoms. The van der Waals surface area contributed by atoms with E-state index in [4.69, 9.17) is 14.4 Å². The maximum Gasteiger partial charge on any atom is 0.160 e. The molecule has 268 valence electrons. The molecule has 0 radical (unpaired) electrons. The summed E-state index contributed by atoms with van der Waals surface area (Å²) in [5.74, 6) is 0.688. The summed E-state index contributed by atoms with van der Waals surface area (Å²) in [4.78, 5) is 10.7. The topological polar surface area (TPSA) is 38.9 Å². The number of nitrogens with zero attached hydrogens (tertiary/aromatic N) is 2. The molecule has 0 saturated carbocycles. The van der Waals surface area contributed by atoms with Crippen molar-refractivity contribution in [3.05, 3.63) is 194 Å². The van der Waals surface area contributed by atoms with Crippen molar-refractivity contribution in [2.24, 2.45) is 0 Å². The highest BCUT2D eigenvalue weighted by atomic mass is 32.1. The van der Waals surface area contributed by atoms with Gasteiger partial charge in [0.15, 0.2) is 5.82 Å². The van der Waals surface area contributed by atoms with Crippen molar-refractivity contribution in [3.63, 3.8) is 0 Å². The van der Waals surface area contributed by atoms with Gasteiger partial charge in [0, 0.05) is 53.2 Å². The van der Waals surface area contributed by atoms with Crippen LogP contribution in [-0.2, 0) is 0 Å². The van der Waals surface area contributed by atoms with E-state index >= 15 is 0 Å². The van der Waals surface area contributed by atoms with Crippen LogP contribution < -0.4 is 0 Å². The van der Waals surface area contributed by atoms with Crippen LogP contribution in [0.2, 0.25) is 0 Å². The average molecular weight is 747 g/mol. The normalized spacial score (nSPS) is 11.6. The molecule has 11 aromatic rings. The molecule has 0 N–H and O–H groups in total. The molecule has 0 saturated heterocycles. The van der Waals surface area contributed by atoms with Crippen LogP contribution in [0.3, 0.4) is 0 Å². The van der Waals surface area contributed by atoms with Gasteiger partial charge in [0.1, 0.15) is 11.2 Å². The highest BCUT2D eigenvalue weighted by Gasteiger charge is 2.19. The van der Waals surface area contributed by atoms with Gasteiger partial charge < -0.3 is 4.42 Å². The Morgan fingerprint density at radius 3 is 1.79 bits per heavy atom. The summed E-state index contributed by atoms with van der Waals surface area (Å²) >= 11 is 1.83. The minimum absolute atomic E-state index is 0.688. The quantitative estimate of drug-likeness (QED) is 0.170. The molecular formula is C53H34N2OS. The molecule has 0 aliphatic heterocycles. The maximum atomic E-state index is 6.50. The van der Waals surface area contributed by atoms with Crippen LogP contribution >= 0.6 is 11.3 Å². The monoisotopic (exact) mass is 746 g/mol. The largest absolute Gasteiger partial charge is 0.456 e. The molecule has 8 aromatic carbocycles. The maximum absolute atomic E-state index is 6.50. The molecule has 0 atom stereocenters. The number of benzene rings is 8. The van der Waals surface area contributed by atoms with E-state index in [-0.39, 0.29) is 0 Å². The summed E-state index contributed by atoms with van der Waals surface area (Å²) in [7, 11) is 0. The van der Waals surface area contributed by atoms with Crippen molar-refractivity contribution in [3.8, 4) is 67.3 Å². The molecule has 0 aliphatic rings. The van der Waals surface area contributed by atoms with Crippen LogP contribution in [-0.4, -0.2) is 9.97 Å². The molecule has 57 heavy (non-hydrogen) atoms. The van der Waals surface area contributed by atoms with Crippen LogP contribution in [0.5, 0.6) is 0 Å². The van der Waals surface area contributed by atoms with Gasteiger partial charge in [-0.15, -0.1) is 11.3 Å². The molecular weight excluding hydrogens is 713 g/mol. The summed E-state index contributed by atoms with van der Waals surface area (Å²) in [5.41, 5.74) is 14.6. The number of thiophene rings is 1. The zero-order chi connectivity index (χ0) is 37.9. The molecule has 0 amide bonds. The van der Waals surface area contributed by atoms with Crippen molar-refractivity contribution in [2.75, 3.05) is 0 Å². The van der Waals surface area contributed by atoms with E-state index in [1.165, 1.54) is 42.4 Å². The number of furan rings is 1. The third-order valence-electron chi connectivity index (χ3n) is 11.1. The van der Waals surface area contributed by atoms with Gasteiger partial charge in [-0.3, -0.25) is 0 Å². The summed E-state index contributed by atoms with van der Waals surface area (Å²) in [6.45, 7) is 2.15. The van der Waals surface area contributed by atoms with Crippen molar-refractivity contribution in [2.45, 2.75) is 6.92 Å². The van der Waals surface area contributed by atoms with Crippen molar-refractivity contribution in [1.29, 1.82) is 0 Å². The molecule has 3 heterocycles. The highest BCUT2D eigenvalue weighted by Crippen LogP contribution is 2.41. The second kappa shape index (κ2) is 13.6. The van der Waals surface area contributed by atoms with Crippen LogP contribution in [0, 0.1) is 6.92 Å². The first-order valence-corrected chi connectivity index (χ1v) is 20.0. The minimum Gasteiger partial charge on any atom is -0.456 e. The average Bonchev–Trinajstić information content (AvgIpc) is 3.85. The molecule has 11 rings (SSSR count). The number of hydrogen-bond acceptors (Lipinski definition) is 4. The van der Waals surface area contributed by atoms with Crippen molar-refractivity contribution in [1.82, 2.24) is 9.97 Å². The molecule has 0 aliphatic carbocycles.